The molecule has 168 valence electrons. The van der Waals surface area contributed by atoms with E-state index in [0.29, 0.717) is 24.8 Å². The minimum atomic E-state index is -0.255. The third-order valence-electron chi connectivity index (χ3n) is 5.92. The Kier molecular flexibility index (Phi) is 5.87. The van der Waals surface area contributed by atoms with Gasteiger partial charge in [-0.3, -0.25) is 0 Å². The second-order valence-electron chi connectivity index (χ2n) is 7.92. The van der Waals surface area contributed by atoms with Crippen LogP contribution < -0.4 is 15.5 Å². The topological polar surface area (TPSA) is 106 Å². The summed E-state index contributed by atoms with van der Waals surface area (Å²) in [6.07, 6.45) is 3.70. The Balaban J connectivity index is 1.57. The predicted molar refractivity (Wildman–Crippen MR) is 121 cm³/mol. The Labute approximate surface area is 185 Å². The van der Waals surface area contributed by atoms with E-state index >= 15 is 0 Å². The van der Waals surface area contributed by atoms with Crippen LogP contribution in [0.1, 0.15) is 18.9 Å². The number of benzene rings is 1. The lowest BCUT2D eigenvalue weighted by Crippen LogP contribution is -2.37. The molecule has 2 aromatic heterocycles. The van der Waals surface area contributed by atoms with E-state index < -0.39 is 0 Å². The number of morpholine rings is 1. The Morgan fingerprint density at radius 3 is 2.47 bits per heavy atom. The minimum absolute atomic E-state index is 0.255. The normalized spacial score (nSPS) is 17.5. The van der Waals surface area contributed by atoms with E-state index in [1.54, 1.807) is 7.05 Å². The molecular formula is C22H27N7O3. The average molecular weight is 438 g/mol. The Bertz CT molecular complexity index is 1090. The molecule has 0 bridgehead atoms. The Morgan fingerprint density at radius 2 is 1.75 bits per heavy atom. The van der Waals surface area contributed by atoms with Crippen LogP contribution in [-0.4, -0.2) is 72.3 Å². The molecule has 5 rings (SSSR count). The highest BCUT2D eigenvalue weighted by Gasteiger charge is 2.24. The summed E-state index contributed by atoms with van der Waals surface area (Å²) in [4.78, 5) is 23.7. The van der Waals surface area contributed by atoms with Crippen LogP contribution in [0.3, 0.4) is 0 Å². The number of hydrogen-bond acceptors (Lipinski definition) is 7. The van der Waals surface area contributed by atoms with Crippen molar-refractivity contribution in [3.05, 3.63) is 30.5 Å². The minimum Gasteiger partial charge on any atom is -0.381 e. The number of nitrogens with zero attached hydrogens (tertiary/aromatic N) is 5. The highest BCUT2D eigenvalue weighted by Crippen LogP contribution is 2.32. The molecule has 2 amide bonds. The summed E-state index contributed by atoms with van der Waals surface area (Å²) in [5.74, 6) is 0.692. The third kappa shape index (κ3) is 4.11. The predicted octanol–water partition coefficient (Wildman–Crippen LogP) is 2.43. The van der Waals surface area contributed by atoms with Gasteiger partial charge in [0.15, 0.2) is 5.65 Å². The fraction of sp³-hybridized carbons (Fsp3) is 0.455. The summed E-state index contributed by atoms with van der Waals surface area (Å²) >= 11 is 0. The maximum Gasteiger partial charge on any atom is 0.318 e. The first-order valence-electron chi connectivity index (χ1n) is 11.0. The molecule has 0 aliphatic carbocycles. The Morgan fingerprint density at radius 1 is 1.03 bits per heavy atom. The number of urea groups is 1. The van der Waals surface area contributed by atoms with E-state index in [2.05, 4.69) is 15.5 Å². The molecular weight excluding hydrogens is 410 g/mol. The van der Waals surface area contributed by atoms with Gasteiger partial charge in [-0.25, -0.2) is 14.5 Å². The highest BCUT2D eigenvalue weighted by molar-refractivity contribution is 5.93. The molecule has 2 fully saturated rings. The second kappa shape index (κ2) is 9.09. The fourth-order valence-electron chi connectivity index (χ4n) is 4.14. The molecule has 2 aliphatic rings. The average Bonchev–Trinajstić information content (AvgIpc) is 3.29. The van der Waals surface area contributed by atoms with E-state index in [4.69, 9.17) is 24.5 Å². The van der Waals surface area contributed by atoms with Crippen molar-refractivity contribution in [1.82, 2.24) is 25.1 Å². The van der Waals surface area contributed by atoms with Crippen molar-refractivity contribution in [3.63, 3.8) is 0 Å². The number of carbonyl (C=O) groups is 1. The largest absolute Gasteiger partial charge is 0.381 e. The molecule has 32 heavy (non-hydrogen) atoms. The summed E-state index contributed by atoms with van der Waals surface area (Å²) in [6, 6.07) is 7.67. The van der Waals surface area contributed by atoms with E-state index in [1.807, 2.05) is 35.1 Å². The van der Waals surface area contributed by atoms with Crippen LogP contribution in [0.5, 0.6) is 0 Å². The molecule has 10 heteroatoms. The SMILES string of the molecule is CNC(=O)Nc1ccc(-c2nc(N3CCOCC3)nc3c2cnn3C2CCOCC2)cc1. The fourth-order valence-corrected chi connectivity index (χ4v) is 4.14. The Hall–Kier alpha value is -3.24. The number of amides is 2. The standard InChI is InChI=1S/C22H27N7O3/c1-23-22(30)25-16-4-2-15(3-5-16)19-18-14-24-29(17-6-10-31-11-7-17)20(18)27-21(26-19)28-8-12-32-13-9-28/h2-5,14,17H,6-13H2,1H3,(H2,23,25,30). The summed E-state index contributed by atoms with van der Waals surface area (Å²) in [5, 5.41) is 11.0. The van der Waals surface area contributed by atoms with E-state index in [9.17, 15) is 4.79 Å². The lowest BCUT2D eigenvalue weighted by molar-refractivity contribution is 0.0673. The molecule has 3 aromatic rings. The van der Waals surface area contributed by atoms with Crippen LogP contribution in [0.2, 0.25) is 0 Å². The van der Waals surface area contributed by atoms with Crippen molar-refractivity contribution in [1.29, 1.82) is 0 Å². The number of fused-ring (bicyclic) bond motifs is 1. The van der Waals surface area contributed by atoms with Crippen molar-refractivity contribution in [3.8, 4) is 11.3 Å². The van der Waals surface area contributed by atoms with Gasteiger partial charge in [-0.15, -0.1) is 0 Å². The molecule has 0 atom stereocenters. The van der Waals surface area contributed by atoms with Gasteiger partial charge in [-0.05, 0) is 25.0 Å². The second-order valence-corrected chi connectivity index (χ2v) is 7.92. The number of hydrogen-bond donors (Lipinski definition) is 2. The first-order valence-corrected chi connectivity index (χ1v) is 11.0. The van der Waals surface area contributed by atoms with Crippen LogP contribution in [0.25, 0.3) is 22.3 Å². The van der Waals surface area contributed by atoms with Gasteiger partial charge >= 0.3 is 6.03 Å². The van der Waals surface area contributed by atoms with E-state index in [0.717, 1.165) is 61.4 Å². The van der Waals surface area contributed by atoms with Gasteiger partial charge < -0.3 is 25.0 Å². The van der Waals surface area contributed by atoms with E-state index in [-0.39, 0.29) is 12.1 Å². The monoisotopic (exact) mass is 437 g/mol. The van der Waals surface area contributed by atoms with Gasteiger partial charge in [0.2, 0.25) is 5.95 Å². The van der Waals surface area contributed by atoms with Crippen LogP contribution in [0.15, 0.2) is 30.5 Å². The molecule has 1 aromatic carbocycles. The van der Waals surface area contributed by atoms with Crippen molar-refractivity contribution >= 4 is 28.7 Å². The first kappa shape index (κ1) is 20.7. The van der Waals surface area contributed by atoms with Gasteiger partial charge in [0.1, 0.15) is 0 Å². The maximum atomic E-state index is 11.6. The van der Waals surface area contributed by atoms with Gasteiger partial charge in [0.05, 0.1) is 36.5 Å². The quantitative estimate of drug-likeness (QED) is 0.646. The molecule has 4 heterocycles. The highest BCUT2D eigenvalue weighted by atomic mass is 16.5. The summed E-state index contributed by atoms with van der Waals surface area (Å²) in [5.41, 5.74) is 3.34. The molecule has 0 radical (unpaired) electrons. The van der Waals surface area contributed by atoms with E-state index in [1.165, 1.54) is 0 Å². The van der Waals surface area contributed by atoms with Crippen LogP contribution in [0.4, 0.5) is 16.4 Å². The number of nitrogens with one attached hydrogen (secondary N) is 2. The van der Waals surface area contributed by atoms with Crippen molar-refractivity contribution in [2.24, 2.45) is 0 Å². The number of ether oxygens (including phenoxy) is 2. The molecule has 2 saturated heterocycles. The maximum absolute atomic E-state index is 11.6. The smallest absolute Gasteiger partial charge is 0.318 e. The zero-order valence-electron chi connectivity index (χ0n) is 18.1. The summed E-state index contributed by atoms with van der Waals surface area (Å²) in [7, 11) is 1.59. The first-order chi connectivity index (χ1) is 15.7. The molecule has 0 spiro atoms. The summed E-state index contributed by atoms with van der Waals surface area (Å²) < 4.78 is 13.1. The van der Waals surface area contributed by atoms with Crippen LogP contribution >= 0.6 is 0 Å². The number of aromatic nitrogens is 4. The van der Waals surface area contributed by atoms with Gasteiger partial charge in [0.25, 0.3) is 0 Å². The zero-order valence-corrected chi connectivity index (χ0v) is 18.1. The molecule has 2 N–H and O–H groups in total. The van der Waals surface area contributed by atoms with Crippen LogP contribution in [-0.2, 0) is 9.47 Å². The lowest BCUT2D eigenvalue weighted by atomic mass is 10.1. The van der Waals surface area contributed by atoms with Gasteiger partial charge in [-0.2, -0.15) is 10.1 Å². The van der Waals surface area contributed by atoms with Crippen LogP contribution in [0, 0.1) is 0 Å². The van der Waals surface area contributed by atoms with Crippen molar-refractivity contribution in [2.45, 2.75) is 18.9 Å². The lowest BCUT2D eigenvalue weighted by Gasteiger charge is -2.27. The van der Waals surface area contributed by atoms with Gasteiger partial charge in [-0.1, -0.05) is 12.1 Å². The third-order valence-corrected chi connectivity index (χ3v) is 5.92. The molecule has 0 saturated carbocycles. The zero-order chi connectivity index (χ0) is 21.9. The summed E-state index contributed by atoms with van der Waals surface area (Å²) in [6.45, 7) is 4.31. The molecule has 0 unspecified atom stereocenters. The number of anilines is 2. The number of rotatable bonds is 4. The molecule has 10 nitrogen and oxygen atoms in total. The number of carbonyl (C=O) groups excluding carboxylic acids is 1. The van der Waals surface area contributed by atoms with Crippen molar-refractivity contribution in [2.75, 3.05) is 56.8 Å². The molecule has 2 aliphatic heterocycles. The van der Waals surface area contributed by atoms with Crippen molar-refractivity contribution < 1.29 is 14.3 Å². The van der Waals surface area contributed by atoms with Gasteiger partial charge in [0, 0.05) is 44.6 Å².